The van der Waals surface area contributed by atoms with Crippen LogP contribution >= 0.6 is 0 Å². The van der Waals surface area contributed by atoms with Crippen LogP contribution in [0.3, 0.4) is 0 Å². The van der Waals surface area contributed by atoms with Gasteiger partial charge in [-0.25, -0.2) is 9.59 Å². The zero-order valence-electron chi connectivity index (χ0n) is 17.2. The molecular formula is C20H34N2O8. The molecule has 1 aromatic carbocycles. The number of rotatable bonds is 7. The van der Waals surface area contributed by atoms with Crippen LogP contribution in [-0.2, 0) is 9.59 Å². The van der Waals surface area contributed by atoms with Crippen LogP contribution in [0.15, 0.2) is 24.3 Å². The maximum atomic E-state index is 10.4. The van der Waals surface area contributed by atoms with Crippen molar-refractivity contribution in [3.05, 3.63) is 35.4 Å². The highest BCUT2D eigenvalue weighted by atomic mass is 16.4. The summed E-state index contributed by atoms with van der Waals surface area (Å²) in [5.74, 6) is -3.99. The summed E-state index contributed by atoms with van der Waals surface area (Å²) in [7, 11) is 0. The van der Waals surface area contributed by atoms with Gasteiger partial charge in [0.2, 0.25) is 0 Å². The van der Waals surface area contributed by atoms with Gasteiger partial charge in [0.25, 0.3) is 0 Å². The molecule has 0 bridgehead atoms. The molecule has 0 amide bonds. The fourth-order valence-corrected chi connectivity index (χ4v) is 2.40. The molecule has 30 heavy (non-hydrogen) atoms. The molecule has 1 aromatic rings. The molecule has 2 rings (SSSR count). The Labute approximate surface area is 176 Å². The molecule has 0 radical (unpaired) electrons. The van der Waals surface area contributed by atoms with Crippen LogP contribution in [0, 0.1) is 0 Å². The molecule has 172 valence electrons. The Bertz CT molecular complexity index is 589. The minimum absolute atomic E-state index is 0. The zero-order chi connectivity index (χ0) is 21.4. The van der Waals surface area contributed by atoms with E-state index in [4.69, 9.17) is 20.4 Å². The molecule has 10 nitrogen and oxygen atoms in total. The summed E-state index contributed by atoms with van der Waals surface area (Å²) in [4.78, 5) is 40.6. The summed E-state index contributed by atoms with van der Waals surface area (Å²) in [6.07, 6.45) is 10.0. The van der Waals surface area contributed by atoms with E-state index in [1.165, 1.54) is 56.7 Å². The van der Waals surface area contributed by atoms with E-state index in [-0.39, 0.29) is 36.3 Å². The molecule has 0 spiro atoms. The van der Waals surface area contributed by atoms with Gasteiger partial charge >= 0.3 is 23.9 Å². The van der Waals surface area contributed by atoms with Crippen molar-refractivity contribution in [3.8, 4) is 0 Å². The van der Waals surface area contributed by atoms with E-state index in [0.29, 0.717) is 12.8 Å². The van der Waals surface area contributed by atoms with E-state index < -0.39 is 23.9 Å². The van der Waals surface area contributed by atoms with E-state index in [0.717, 1.165) is 6.07 Å². The van der Waals surface area contributed by atoms with Gasteiger partial charge in [-0.3, -0.25) is 9.59 Å². The summed E-state index contributed by atoms with van der Waals surface area (Å²) in [6, 6.07) is 5.20. The Kier molecular flexibility index (Phi) is 20.4. The Morgan fingerprint density at radius 2 is 0.933 bits per heavy atom. The summed E-state index contributed by atoms with van der Waals surface area (Å²) < 4.78 is 0. The fraction of sp³-hybridized carbons (Fsp3) is 0.500. The van der Waals surface area contributed by atoms with E-state index in [1.807, 2.05) is 0 Å². The van der Waals surface area contributed by atoms with E-state index in [1.54, 1.807) is 0 Å². The largest absolute Gasteiger partial charge is 0.481 e. The lowest BCUT2D eigenvalue weighted by Crippen LogP contribution is -2.01. The third-order valence-electron chi connectivity index (χ3n) is 3.89. The Hall–Kier alpha value is -2.98. The molecule has 10 heteroatoms. The van der Waals surface area contributed by atoms with Crippen molar-refractivity contribution in [2.45, 2.75) is 64.2 Å². The molecule has 0 atom stereocenters. The Morgan fingerprint density at radius 1 is 0.633 bits per heavy atom. The van der Waals surface area contributed by atoms with Crippen molar-refractivity contribution in [2.24, 2.45) is 0 Å². The lowest BCUT2D eigenvalue weighted by Gasteiger charge is -2.05. The number of aliphatic carboxylic acids is 2. The molecule has 0 saturated heterocycles. The van der Waals surface area contributed by atoms with Gasteiger partial charge in [-0.15, -0.1) is 0 Å². The zero-order valence-corrected chi connectivity index (χ0v) is 17.2. The fourth-order valence-electron chi connectivity index (χ4n) is 2.40. The summed E-state index contributed by atoms with van der Waals surface area (Å²) in [5.41, 5.74) is -0.0372. The van der Waals surface area contributed by atoms with Crippen molar-refractivity contribution in [1.29, 1.82) is 0 Å². The first-order valence-electron chi connectivity index (χ1n) is 9.24. The van der Waals surface area contributed by atoms with E-state index in [2.05, 4.69) is 0 Å². The average molecular weight is 430 g/mol. The SMILES string of the molecule is C1CCCCC1.N.N.O=C(O)CCCCC(=O)O.O=C(O)c1cccc(C(=O)O)c1. The summed E-state index contributed by atoms with van der Waals surface area (Å²) >= 11 is 0. The van der Waals surface area contributed by atoms with Crippen molar-refractivity contribution >= 4 is 23.9 Å². The van der Waals surface area contributed by atoms with Crippen LogP contribution in [0.1, 0.15) is 84.9 Å². The second-order valence-corrected chi connectivity index (χ2v) is 6.31. The van der Waals surface area contributed by atoms with E-state index in [9.17, 15) is 19.2 Å². The first-order valence-corrected chi connectivity index (χ1v) is 9.24. The monoisotopic (exact) mass is 430 g/mol. The van der Waals surface area contributed by atoms with Gasteiger partial charge < -0.3 is 32.7 Å². The van der Waals surface area contributed by atoms with Crippen LogP contribution in [-0.4, -0.2) is 44.3 Å². The number of hydrogen-bond acceptors (Lipinski definition) is 6. The summed E-state index contributed by atoms with van der Waals surface area (Å²) in [6.45, 7) is 0. The van der Waals surface area contributed by atoms with Crippen molar-refractivity contribution in [3.63, 3.8) is 0 Å². The molecule has 0 aliphatic heterocycles. The van der Waals surface area contributed by atoms with Gasteiger partial charge in [-0.05, 0) is 31.0 Å². The average Bonchev–Trinajstić information content (AvgIpc) is 2.67. The van der Waals surface area contributed by atoms with Gasteiger partial charge in [0.05, 0.1) is 11.1 Å². The number of carbonyl (C=O) groups is 4. The van der Waals surface area contributed by atoms with Gasteiger partial charge in [-0.2, -0.15) is 0 Å². The molecule has 1 aliphatic carbocycles. The third kappa shape index (κ3) is 18.4. The molecule has 1 saturated carbocycles. The second-order valence-electron chi connectivity index (χ2n) is 6.31. The molecule has 0 heterocycles. The topological polar surface area (TPSA) is 219 Å². The highest BCUT2D eigenvalue weighted by molar-refractivity contribution is 5.93. The van der Waals surface area contributed by atoms with Gasteiger partial charge in [-0.1, -0.05) is 44.6 Å². The highest BCUT2D eigenvalue weighted by Crippen LogP contribution is 2.15. The predicted octanol–water partition coefficient (Wildman–Crippen LogP) is 4.46. The first-order chi connectivity index (χ1) is 13.2. The van der Waals surface area contributed by atoms with Crippen LogP contribution < -0.4 is 12.3 Å². The predicted molar refractivity (Wildman–Crippen MR) is 112 cm³/mol. The second kappa shape index (κ2) is 19.3. The molecule has 0 aromatic heterocycles. The number of hydrogen-bond donors (Lipinski definition) is 6. The Balaban J connectivity index is -0.000000369. The standard InChI is InChI=1S/C8H6O4.C6H10O4.C6H12.2H3N/c9-7(10)5-2-1-3-6(4-5)8(11)12;7-5(8)3-1-2-4-6(9)10;1-2-4-6-5-3-1;;/h1-4H,(H,9,10)(H,11,12);1-4H2,(H,7,8)(H,9,10);1-6H2;2*1H3. The third-order valence-corrected chi connectivity index (χ3v) is 3.89. The lowest BCUT2D eigenvalue weighted by atomic mass is 10.0. The Morgan fingerprint density at radius 3 is 1.17 bits per heavy atom. The van der Waals surface area contributed by atoms with E-state index >= 15 is 0 Å². The minimum atomic E-state index is -1.13. The first kappa shape index (κ1) is 31.7. The maximum absolute atomic E-state index is 10.4. The van der Waals surface area contributed by atoms with Crippen LogP contribution in [0.25, 0.3) is 0 Å². The van der Waals surface area contributed by atoms with Gasteiger partial charge in [0.15, 0.2) is 0 Å². The van der Waals surface area contributed by atoms with Gasteiger partial charge in [0.1, 0.15) is 0 Å². The number of aromatic carboxylic acids is 2. The molecule has 1 aliphatic rings. The maximum Gasteiger partial charge on any atom is 0.335 e. The number of unbranched alkanes of at least 4 members (excludes halogenated alkanes) is 1. The van der Waals surface area contributed by atoms with Crippen molar-refractivity contribution < 1.29 is 39.6 Å². The lowest BCUT2D eigenvalue weighted by molar-refractivity contribution is -0.139. The molecule has 10 N–H and O–H groups in total. The van der Waals surface area contributed by atoms with Crippen LogP contribution in [0.4, 0.5) is 0 Å². The summed E-state index contributed by atoms with van der Waals surface area (Å²) in [5, 5.41) is 33.3. The van der Waals surface area contributed by atoms with Gasteiger partial charge in [0, 0.05) is 12.8 Å². The van der Waals surface area contributed by atoms with Crippen molar-refractivity contribution in [2.75, 3.05) is 0 Å². The number of carboxylic acids is 4. The quantitative estimate of drug-likeness (QED) is 0.333. The normalized spacial score (nSPS) is 11.6. The molecular weight excluding hydrogens is 396 g/mol. The number of carboxylic acid groups (broad SMARTS) is 4. The highest BCUT2D eigenvalue weighted by Gasteiger charge is 2.06. The van der Waals surface area contributed by atoms with Crippen molar-refractivity contribution in [1.82, 2.24) is 12.3 Å². The molecule has 0 unspecified atom stereocenters. The minimum Gasteiger partial charge on any atom is -0.481 e. The van der Waals surface area contributed by atoms with Crippen LogP contribution in [0.2, 0.25) is 0 Å². The molecule has 1 fully saturated rings. The van der Waals surface area contributed by atoms with Crippen LogP contribution in [0.5, 0.6) is 0 Å². The number of benzene rings is 1. The smallest absolute Gasteiger partial charge is 0.335 e.